The second-order valence-electron chi connectivity index (χ2n) is 3.90. The SMILES string of the molecule is CCN1CCC(N(C)C)C(F)(F)C1. The predicted octanol–water partition coefficient (Wildman–Crippen LogP) is 1.28. The molecular formula is C9H18F2N2. The van der Waals surface area contributed by atoms with E-state index in [2.05, 4.69) is 0 Å². The molecule has 1 saturated heterocycles. The lowest BCUT2D eigenvalue weighted by Crippen LogP contribution is -2.56. The smallest absolute Gasteiger partial charge is 0.275 e. The molecule has 0 amide bonds. The number of hydrogen-bond donors (Lipinski definition) is 0. The lowest BCUT2D eigenvalue weighted by molar-refractivity contribution is -0.116. The molecule has 0 aromatic heterocycles. The van der Waals surface area contributed by atoms with Gasteiger partial charge in [-0.05, 0) is 27.1 Å². The molecule has 4 heteroatoms. The van der Waals surface area contributed by atoms with Gasteiger partial charge in [-0.15, -0.1) is 0 Å². The summed E-state index contributed by atoms with van der Waals surface area (Å²) in [6.45, 7) is 3.34. The molecule has 1 atom stereocenters. The molecule has 1 aliphatic heterocycles. The fraction of sp³-hybridized carbons (Fsp3) is 1.00. The van der Waals surface area contributed by atoms with Crippen LogP contribution in [0.15, 0.2) is 0 Å². The zero-order chi connectivity index (χ0) is 10.1. The Morgan fingerprint density at radius 2 is 2.08 bits per heavy atom. The summed E-state index contributed by atoms with van der Waals surface area (Å²) in [6.07, 6.45) is 0.563. The Balaban J connectivity index is 2.62. The van der Waals surface area contributed by atoms with E-state index >= 15 is 0 Å². The van der Waals surface area contributed by atoms with Gasteiger partial charge in [0.25, 0.3) is 5.92 Å². The minimum Gasteiger partial charge on any atom is -0.301 e. The van der Waals surface area contributed by atoms with Crippen LogP contribution in [0.2, 0.25) is 0 Å². The molecule has 0 aromatic carbocycles. The van der Waals surface area contributed by atoms with E-state index in [4.69, 9.17) is 0 Å². The Kier molecular flexibility index (Phi) is 3.24. The van der Waals surface area contributed by atoms with Crippen LogP contribution in [0, 0.1) is 0 Å². The van der Waals surface area contributed by atoms with Crippen molar-refractivity contribution in [2.45, 2.75) is 25.3 Å². The van der Waals surface area contributed by atoms with E-state index in [0.717, 1.165) is 13.1 Å². The van der Waals surface area contributed by atoms with Crippen molar-refractivity contribution in [2.24, 2.45) is 0 Å². The molecule has 0 spiro atoms. The van der Waals surface area contributed by atoms with Gasteiger partial charge in [0.15, 0.2) is 0 Å². The minimum absolute atomic E-state index is 0.0909. The average Bonchev–Trinajstić information content (AvgIpc) is 2.01. The maximum Gasteiger partial charge on any atom is 0.275 e. The Morgan fingerprint density at radius 3 is 2.46 bits per heavy atom. The van der Waals surface area contributed by atoms with Crippen LogP contribution < -0.4 is 0 Å². The summed E-state index contributed by atoms with van der Waals surface area (Å²) in [5.41, 5.74) is 0. The van der Waals surface area contributed by atoms with Crippen molar-refractivity contribution in [3.63, 3.8) is 0 Å². The minimum atomic E-state index is -2.56. The van der Waals surface area contributed by atoms with Crippen LogP contribution in [0.3, 0.4) is 0 Å². The monoisotopic (exact) mass is 192 g/mol. The Hall–Kier alpha value is -0.220. The quantitative estimate of drug-likeness (QED) is 0.650. The molecule has 1 heterocycles. The zero-order valence-corrected chi connectivity index (χ0v) is 8.56. The van der Waals surface area contributed by atoms with Gasteiger partial charge in [-0.2, -0.15) is 0 Å². The summed E-state index contributed by atoms with van der Waals surface area (Å²) in [7, 11) is 3.44. The molecule has 0 radical (unpaired) electrons. The molecule has 78 valence electrons. The van der Waals surface area contributed by atoms with E-state index in [1.807, 2.05) is 6.92 Å². The first-order valence-corrected chi connectivity index (χ1v) is 4.74. The van der Waals surface area contributed by atoms with Gasteiger partial charge in [0.2, 0.25) is 0 Å². The lowest BCUT2D eigenvalue weighted by Gasteiger charge is -2.40. The largest absolute Gasteiger partial charge is 0.301 e. The van der Waals surface area contributed by atoms with Crippen LogP contribution in [-0.2, 0) is 0 Å². The molecular weight excluding hydrogens is 174 g/mol. The molecule has 0 bridgehead atoms. The maximum atomic E-state index is 13.5. The van der Waals surface area contributed by atoms with Gasteiger partial charge in [0.1, 0.15) is 0 Å². The second-order valence-corrected chi connectivity index (χ2v) is 3.90. The summed E-state index contributed by atoms with van der Waals surface area (Å²) in [6, 6.07) is -0.588. The maximum absolute atomic E-state index is 13.5. The van der Waals surface area contributed by atoms with E-state index in [1.54, 1.807) is 23.9 Å². The second kappa shape index (κ2) is 3.88. The van der Waals surface area contributed by atoms with E-state index < -0.39 is 12.0 Å². The highest BCUT2D eigenvalue weighted by Crippen LogP contribution is 2.29. The highest BCUT2D eigenvalue weighted by molar-refractivity contribution is 4.90. The molecule has 2 nitrogen and oxygen atoms in total. The van der Waals surface area contributed by atoms with Gasteiger partial charge in [0.05, 0.1) is 12.6 Å². The van der Waals surface area contributed by atoms with Crippen LogP contribution in [0.1, 0.15) is 13.3 Å². The number of rotatable bonds is 2. The highest BCUT2D eigenvalue weighted by Gasteiger charge is 2.45. The van der Waals surface area contributed by atoms with Crippen LogP contribution >= 0.6 is 0 Å². The summed E-state index contributed by atoms with van der Waals surface area (Å²) < 4.78 is 26.9. The molecule has 13 heavy (non-hydrogen) atoms. The van der Waals surface area contributed by atoms with Gasteiger partial charge in [-0.25, -0.2) is 8.78 Å². The molecule has 1 aliphatic rings. The molecule has 1 unspecified atom stereocenters. The number of alkyl halides is 2. The van der Waals surface area contributed by atoms with E-state index in [9.17, 15) is 8.78 Å². The summed E-state index contributed by atoms with van der Waals surface area (Å²) in [5, 5.41) is 0. The summed E-state index contributed by atoms with van der Waals surface area (Å²) in [5.74, 6) is -2.56. The fourth-order valence-electron chi connectivity index (χ4n) is 1.90. The molecule has 0 N–H and O–H groups in total. The summed E-state index contributed by atoms with van der Waals surface area (Å²) in [4.78, 5) is 3.44. The normalized spacial score (nSPS) is 29.5. The van der Waals surface area contributed by atoms with E-state index in [0.29, 0.717) is 6.42 Å². The van der Waals surface area contributed by atoms with Crippen molar-refractivity contribution in [1.29, 1.82) is 0 Å². The Labute approximate surface area is 78.5 Å². The fourth-order valence-corrected chi connectivity index (χ4v) is 1.90. The van der Waals surface area contributed by atoms with Gasteiger partial charge in [0, 0.05) is 6.54 Å². The number of hydrogen-bond acceptors (Lipinski definition) is 2. The van der Waals surface area contributed by atoms with Gasteiger partial charge in [-0.3, -0.25) is 4.90 Å². The van der Waals surface area contributed by atoms with Crippen molar-refractivity contribution in [2.75, 3.05) is 33.7 Å². The third kappa shape index (κ3) is 2.38. The standard InChI is InChI=1S/C9H18F2N2/c1-4-13-6-5-8(12(2)3)9(10,11)7-13/h8H,4-7H2,1-3H3. The van der Waals surface area contributed by atoms with Crippen LogP contribution in [0.4, 0.5) is 8.78 Å². The Bertz CT molecular complexity index is 171. The molecule has 1 rings (SSSR count). The van der Waals surface area contributed by atoms with Gasteiger partial charge >= 0.3 is 0 Å². The number of likely N-dealkylation sites (tertiary alicyclic amines) is 1. The van der Waals surface area contributed by atoms with Crippen molar-refractivity contribution in [3.05, 3.63) is 0 Å². The average molecular weight is 192 g/mol. The first-order chi connectivity index (χ1) is 5.97. The number of halogens is 2. The van der Waals surface area contributed by atoms with Crippen molar-refractivity contribution in [3.8, 4) is 0 Å². The third-order valence-corrected chi connectivity index (χ3v) is 2.71. The van der Waals surface area contributed by atoms with Crippen molar-refractivity contribution in [1.82, 2.24) is 9.80 Å². The topological polar surface area (TPSA) is 6.48 Å². The number of nitrogens with zero attached hydrogens (tertiary/aromatic N) is 2. The molecule has 0 aliphatic carbocycles. The van der Waals surface area contributed by atoms with Crippen molar-refractivity contribution >= 4 is 0 Å². The molecule has 0 saturated carbocycles. The van der Waals surface area contributed by atoms with E-state index in [-0.39, 0.29) is 6.54 Å². The predicted molar refractivity (Wildman–Crippen MR) is 49.2 cm³/mol. The highest BCUT2D eigenvalue weighted by atomic mass is 19.3. The van der Waals surface area contributed by atoms with Gasteiger partial charge in [-0.1, -0.05) is 6.92 Å². The zero-order valence-electron chi connectivity index (χ0n) is 8.56. The molecule has 1 fully saturated rings. The van der Waals surface area contributed by atoms with Crippen LogP contribution in [0.25, 0.3) is 0 Å². The van der Waals surface area contributed by atoms with Crippen molar-refractivity contribution < 1.29 is 8.78 Å². The first-order valence-electron chi connectivity index (χ1n) is 4.74. The summed E-state index contributed by atoms with van der Waals surface area (Å²) >= 11 is 0. The van der Waals surface area contributed by atoms with E-state index in [1.165, 1.54) is 0 Å². The van der Waals surface area contributed by atoms with Crippen LogP contribution in [-0.4, -0.2) is 55.5 Å². The first kappa shape index (κ1) is 10.9. The Morgan fingerprint density at radius 1 is 1.46 bits per heavy atom. The lowest BCUT2D eigenvalue weighted by atomic mass is 10.00. The van der Waals surface area contributed by atoms with Crippen LogP contribution in [0.5, 0.6) is 0 Å². The van der Waals surface area contributed by atoms with Gasteiger partial charge < -0.3 is 4.90 Å². The third-order valence-electron chi connectivity index (χ3n) is 2.71. The molecule has 0 aromatic rings. The number of piperidine rings is 1.